The first kappa shape index (κ1) is 9.43. The summed E-state index contributed by atoms with van der Waals surface area (Å²) in [6.07, 6.45) is 0.645. The first-order valence-electron chi connectivity index (χ1n) is 3.50. The zero-order chi connectivity index (χ0) is 7.98. The van der Waals surface area contributed by atoms with Gasteiger partial charge >= 0.3 is 0 Å². The van der Waals surface area contributed by atoms with E-state index in [1.165, 1.54) is 0 Å². The molecule has 0 radical (unpaired) electrons. The lowest BCUT2D eigenvalue weighted by Crippen LogP contribution is -2.30. The van der Waals surface area contributed by atoms with Gasteiger partial charge in [-0.3, -0.25) is 4.79 Å². The molecular weight excluding hydrogens is 130 g/mol. The van der Waals surface area contributed by atoms with Gasteiger partial charge in [0.2, 0.25) is 5.91 Å². The van der Waals surface area contributed by atoms with E-state index in [1.54, 1.807) is 7.11 Å². The maximum Gasteiger partial charge on any atom is 0.219 e. The van der Waals surface area contributed by atoms with E-state index in [-0.39, 0.29) is 12.0 Å². The maximum absolute atomic E-state index is 10.7. The molecule has 0 aromatic rings. The third-order valence-corrected chi connectivity index (χ3v) is 1.31. The molecule has 3 nitrogen and oxygen atoms in total. The number of rotatable bonds is 4. The van der Waals surface area contributed by atoms with Crippen LogP contribution in [-0.4, -0.2) is 25.7 Å². The minimum Gasteiger partial charge on any atom is -0.380 e. The summed E-state index contributed by atoms with van der Waals surface area (Å²) in [4.78, 5) is 10.7. The van der Waals surface area contributed by atoms with Crippen molar-refractivity contribution in [1.29, 1.82) is 0 Å². The van der Waals surface area contributed by atoms with E-state index in [0.29, 0.717) is 13.0 Å². The van der Waals surface area contributed by atoms with Crippen LogP contribution in [0.3, 0.4) is 0 Å². The Bertz CT molecular complexity index is 104. The first-order valence-corrected chi connectivity index (χ1v) is 3.50. The molecule has 10 heavy (non-hydrogen) atoms. The monoisotopic (exact) mass is 145 g/mol. The van der Waals surface area contributed by atoms with E-state index in [2.05, 4.69) is 5.32 Å². The van der Waals surface area contributed by atoms with Gasteiger partial charge in [-0.05, 0) is 6.92 Å². The molecule has 1 atom stereocenters. The summed E-state index contributed by atoms with van der Waals surface area (Å²) in [5.41, 5.74) is 0. The quantitative estimate of drug-likeness (QED) is 0.627. The van der Waals surface area contributed by atoms with E-state index in [0.717, 1.165) is 0 Å². The number of nitrogens with one attached hydrogen (secondary N) is 1. The summed E-state index contributed by atoms with van der Waals surface area (Å²) in [6, 6.07) is 0. The molecule has 0 aromatic carbocycles. The third-order valence-electron chi connectivity index (χ3n) is 1.31. The van der Waals surface area contributed by atoms with Crippen LogP contribution in [0.5, 0.6) is 0 Å². The molecule has 1 amide bonds. The molecule has 0 aliphatic carbocycles. The van der Waals surface area contributed by atoms with Crippen molar-refractivity contribution < 1.29 is 9.53 Å². The molecule has 0 heterocycles. The van der Waals surface area contributed by atoms with Crippen molar-refractivity contribution >= 4 is 5.91 Å². The Labute approximate surface area is 61.8 Å². The van der Waals surface area contributed by atoms with Gasteiger partial charge in [0.25, 0.3) is 0 Å². The van der Waals surface area contributed by atoms with Gasteiger partial charge in [0.1, 0.15) is 0 Å². The Morgan fingerprint density at radius 3 is 2.70 bits per heavy atom. The highest BCUT2D eigenvalue weighted by molar-refractivity contribution is 5.75. The summed E-state index contributed by atoms with van der Waals surface area (Å²) in [5, 5.41) is 2.72. The van der Waals surface area contributed by atoms with Crippen LogP contribution in [0, 0.1) is 0 Å². The summed E-state index contributed by atoms with van der Waals surface area (Å²) in [5.74, 6) is 0.0731. The lowest BCUT2D eigenvalue weighted by molar-refractivity contribution is -0.121. The highest BCUT2D eigenvalue weighted by Crippen LogP contribution is 1.84. The van der Waals surface area contributed by atoms with Gasteiger partial charge in [-0.1, -0.05) is 6.92 Å². The molecule has 1 N–H and O–H groups in total. The largest absolute Gasteiger partial charge is 0.380 e. The molecule has 0 bridgehead atoms. The molecule has 60 valence electrons. The fourth-order valence-electron chi connectivity index (χ4n) is 0.466. The van der Waals surface area contributed by atoms with Gasteiger partial charge in [0.15, 0.2) is 0 Å². The molecule has 0 spiro atoms. The molecule has 0 aromatic heterocycles. The molecule has 1 unspecified atom stereocenters. The fourth-order valence-corrected chi connectivity index (χ4v) is 0.466. The molecular formula is C7H15NO2. The Balaban J connectivity index is 3.26. The lowest BCUT2D eigenvalue weighted by atomic mass is 10.4. The van der Waals surface area contributed by atoms with Gasteiger partial charge in [0, 0.05) is 20.1 Å². The van der Waals surface area contributed by atoms with Crippen LogP contribution in [0.2, 0.25) is 0 Å². The number of amides is 1. The summed E-state index contributed by atoms with van der Waals surface area (Å²) in [6.45, 7) is 4.34. The second-order valence-electron chi connectivity index (χ2n) is 2.20. The Hall–Kier alpha value is -0.570. The van der Waals surface area contributed by atoms with Crippen LogP contribution in [0.25, 0.3) is 0 Å². The van der Waals surface area contributed by atoms with Gasteiger partial charge in [-0.2, -0.15) is 0 Å². The predicted molar refractivity (Wildman–Crippen MR) is 39.8 cm³/mol. The normalized spacial score (nSPS) is 12.7. The minimum absolute atomic E-state index is 0.0731. The Kier molecular flexibility index (Phi) is 4.94. The number of ether oxygens (including phenoxy) is 1. The Morgan fingerprint density at radius 2 is 2.30 bits per heavy atom. The summed E-state index contributed by atoms with van der Waals surface area (Å²) < 4.78 is 4.93. The van der Waals surface area contributed by atoms with E-state index in [9.17, 15) is 4.79 Å². The highest BCUT2D eigenvalue weighted by Gasteiger charge is 2.00. The van der Waals surface area contributed by atoms with Crippen molar-refractivity contribution in [2.24, 2.45) is 0 Å². The van der Waals surface area contributed by atoms with Crippen LogP contribution in [0.15, 0.2) is 0 Å². The van der Waals surface area contributed by atoms with Crippen LogP contribution < -0.4 is 5.32 Å². The SMILES string of the molecule is CCC(=O)NCC(C)OC. The number of carbonyl (C=O) groups is 1. The van der Waals surface area contributed by atoms with E-state index >= 15 is 0 Å². The zero-order valence-electron chi connectivity index (χ0n) is 6.81. The lowest BCUT2D eigenvalue weighted by Gasteiger charge is -2.09. The van der Waals surface area contributed by atoms with Gasteiger partial charge in [-0.25, -0.2) is 0 Å². The molecule has 0 saturated heterocycles. The van der Waals surface area contributed by atoms with Crippen LogP contribution in [0.1, 0.15) is 20.3 Å². The maximum atomic E-state index is 10.7. The smallest absolute Gasteiger partial charge is 0.219 e. The van der Waals surface area contributed by atoms with E-state index in [1.807, 2.05) is 13.8 Å². The average molecular weight is 145 g/mol. The molecule has 0 rings (SSSR count). The minimum atomic E-state index is 0.0731. The standard InChI is InChI=1S/C7H15NO2/c1-4-7(9)8-5-6(2)10-3/h6H,4-5H2,1-3H3,(H,8,9). The Morgan fingerprint density at radius 1 is 1.70 bits per heavy atom. The second kappa shape index (κ2) is 5.23. The van der Waals surface area contributed by atoms with Crippen molar-refractivity contribution in [3.8, 4) is 0 Å². The molecule has 0 aliphatic rings. The van der Waals surface area contributed by atoms with Gasteiger partial charge in [-0.15, -0.1) is 0 Å². The van der Waals surface area contributed by atoms with Crippen LogP contribution >= 0.6 is 0 Å². The third kappa shape index (κ3) is 4.32. The zero-order valence-corrected chi connectivity index (χ0v) is 6.81. The van der Waals surface area contributed by atoms with E-state index in [4.69, 9.17) is 4.74 Å². The number of carbonyl (C=O) groups excluding carboxylic acids is 1. The van der Waals surface area contributed by atoms with Crippen molar-refractivity contribution in [2.45, 2.75) is 26.4 Å². The molecule has 3 heteroatoms. The average Bonchev–Trinajstić information content (AvgIpc) is 1.99. The highest BCUT2D eigenvalue weighted by atomic mass is 16.5. The molecule has 0 fully saturated rings. The number of methoxy groups -OCH3 is 1. The van der Waals surface area contributed by atoms with Crippen molar-refractivity contribution in [3.05, 3.63) is 0 Å². The van der Waals surface area contributed by atoms with Crippen LogP contribution in [0.4, 0.5) is 0 Å². The van der Waals surface area contributed by atoms with Crippen molar-refractivity contribution in [3.63, 3.8) is 0 Å². The topological polar surface area (TPSA) is 38.3 Å². The van der Waals surface area contributed by atoms with Crippen molar-refractivity contribution in [2.75, 3.05) is 13.7 Å². The second-order valence-corrected chi connectivity index (χ2v) is 2.20. The first-order chi connectivity index (χ1) is 4.70. The van der Waals surface area contributed by atoms with Crippen LogP contribution in [-0.2, 0) is 9.53 Å². The molecule has 0 aliphatic heterocycles. The summed E-state index contributed by atoms with van der Waals surface area (Å²) in [7, 11) is 1.63. The molecule has 0 saturated carbocycles. The van der Waals surface area contributed by atoms with E-state index < -0.39 is 0 Å². The number of hydrogen-bond acceptors (Lipinski definition) is 2. The van der Waals surface area contributed by atoms with Gasteiger partial charge < -0.3 is 10.1 Å². The fraction of sp³-hybridized carbons (Fsp3) is 0.857. The van der Waals surface area contributed by atoms with Gasteiger partial charge in [0.05, 0.1) is 6.10 Å². The van der Waals surface area contributed by atoms with Crippen molar-refractivity contribution in [1.82, 2.24) is 5.32 Å². The predicted octanol–water partition coefficient (Wildman–Crippen LogP) is 0.547. The summed E-state index contributed by atoms with van der Waals surface area (Å²) >= 11 is 0. The number of hydrogen-bond donors (Lipinski definition) is 1.